The van der Waals surface area contributed by atoms with Crippen molar-refractivity contribution in [1.82, 2.24) is 0 Å². The van der Waals surface area contributed by atoms with Crippen LogP contribution >= 0.6 is 34.5 Å². The predicted molar refractivity (Wildman–Crippen MR) is 76.0 cm³/mol. The van der Waals surface area contributed by atoms with Crippen molar-refractivity contribution in [3.05, 3.63) is 50.1 Å². The van der Waals surface area contributed by atoms with Gasteiger partial charge in [0.15, 0.2) is 0 Å². The topological polar surface area (TPSA) is 29.5 Å². The van der Waals surface area contributed by atoms with Crippen LogP contribution in [-0.4, -0.2) is 12.2 Å². The Bertz CT molecular complexity index is 540. The average Bonchev–Trinajstić information content (AvgIpc) is 2.76. The van der Waals surface area contributed by atoms with E-state index < -0.39 is 6.10 Å². The second-order valence-electron chi connectivity index (χ2n) is 3.84. The molecule has 0 radical (unpaired) electrons. The maximum absolute atomic E-state index is 10.2. The van der Waals surface area contributed by atoms with E-state index in [1.54, 1.807) is 36.8 Å². The number of benzene rings is 1. The van der Waals surface area contributed by atoms with Crippen molar-refractivity contribution in [3.8, 4) is 5.75 Å². The van der Waals surface area contributed by atoms with Crippen LogP contribution in [0, 0.1) is 0 Å². The molecule has 0 fully saturated rings. The molecule has 18 heavy (non-hydrogen) atoms. The SMILES string of the molecule is COc1ccc(Cl)cc1CC(O)c1cc(Cl)cs1. The lowest BCUT2D eigenvalue weighted by molar-refractivity contribution is 0.181. The van der Waals surface area contributed by atoms with Crippen molar-refractivity contribution in [2.24, 2.45) is 0 Å². The number of hydrogen-bond donors (Lipinski definition) is 1. The molecule has 0 amide bonds. The number of methoxy groups -OCH3 is 1. The summed E-state index contributed by atoms with van der Waals surface area (Å²) in [6.07, 6.45) is -0.157. The first-order chi connectivity index (χ1) is 8.60. The minimum atomic E-state index is -0.602. The molecular formula is C13H12Cl2O2S. The first kappa shape index (κ1) is 13.7. The van der Waals surface area contributed by atoms with Crippen LogP contribution in [-0.2, 0) is 6.42 Å². The molecule has 96 valence electrons. The van der Waals surface area contributed by atoms with Gasteiger partial charge < -0.3 is 9.84 Å². The zero-order valence-corrected chi connectivity index (χ0v) is 12.0. The maximum atomic E-state index is 10.2. The molecule has 0 aliphatic heterocycles. The summed E-state index contributed by atoms with van der Waals surface area (Å²) in [6, 6.07) is 7.14. The number of rotatable bonds is 4. The fourth-order valence-corrected chi connectivity index (χ4v) is 2.98. The maximum Gasteiger partial charge on any atom is 0.122 e. The highest BCUT2D eigenvalue weighted by molar-refractivity contribution is 7.10. The largest absolute Gasteiger partial charge is 0.496 e. The highest BCUT2D eigenvalue weighted by Gasteiger charge is 2.14. The first-order valence-electron chi connectivity index (χ1n) is 5.34. The van der Waals surface area contributed by atoms with Crippen LogP contribution in [0.1, 0.15) is 16.5 Å². The molecule has 0 bridgehead atoms. The molecule has 1 aromatic carbocycles. The van der Waals surface area contributed by atoms with Crippen molar-refractivity contribution in [2.75, 3.05) is 7.11 Å². The summed E-state index contributed by atoms with van der Waals surface area (Å²) in [5.41, 5.74) is 0.877. The van der Waals surface area contributed by atoms with E-state index in [1.807, 2.05) is 0 Å². The number of thiophene rings is 1. The van der Waals surface area contributed by atoms with E-state index in [4.69, 9.17) is 27.9 Å². The molecule has 1 N–H and O–H groups in total. The molecule has 1 heterocycles. The van der Waals surface area contributed by atoms with E-state index in [0.29, 0.717) is 16.5 Å². The summed E-state index contributed by atoms with van der Waals surface area (Å²) in [4.78, 5) is 0.835. The summed E-state index contributed by atoms with van der Waals surface area (Å²) >= 11 is 13.2. The van der Waals surface area contributed by atoms with Gasteiger partial charge in [-0.05, 0) is 29.8 Å². The van der Waals surface area contributed by atoms with Crippen molar-refractivity contribution in [3.63, 3.8) is 0 Å². The number of hydrogen-bond acceptors (Lipinski definition) is 3. The van der Waals surface area contributed by atoms with Gasteiger partial charge in [0.1, 0.15) is 5.75 Å². The normalized spacial score (nSPS) is 12.4. The van der Waals surface area contributed by atoms with Crippen LogP contribution < -0.4 is 4.74 Å². The third kappa shape index (κ3) is 3.18. The van der Waals surface area contributed by atoms with Gasteiger partial charge in [0.2, 0.25) is 0 Å². The third-order valence-electron chi connectivity index (χ3n) is 2.57. The molecule has 0 saturated heterocycles. The minimum absolute atomic E-state index is 0.445. The zero-order chi connectivity index (χ0) is 13.1. The van der Waals surface area contributed by atoms with Gasteiger partial charge in [0, 0.05) is 21.7 Å². The standard InChI is InChI=1S/C13H12Cl2O2S/c1-17-12-3-2-9(14)4-8(12)5-11(16)13-6-10(15)7-18-13/h2-4,6-7,11,16H,5H2,1H3. The van der Waals surface area contributed by atoms with Crippen molar-refractivity contribution in [1.29, 1.82) is 0 Å². The Balaban J connectivity index is 2.20. The Hall–Kier alpha value is -0.740. The van der Waals surface area contributed by atoms with Crippen LogP contribution in [0.4, 0.5) is 0 Å². The quantitative estimate of drug-likeness (QED) is 0.910. The molecule has 0 saturated carbocycles. The lowest BCUT2D eigenvalue weighted by Crippen LogP contribution is -2.01. The molecule has 2 rings (SSSR count). The van der Waals surface area contributed by atoms with Crippen molar-refractivity contribution in [2.45, 2.75) is 12.5 Å². The Morgan fingerprint density at radius 2 is 2.06 bits per heavy atom. The molecule has 1 atom stereocenters. The van der Waals surface area contributed by atoms with Crippen molar-refractivity contribution >= 4 is 34.5 Å². The fourth-order valence-electron chi connectivity index (χ4n) is 1.72. The number of halogens is 2. The third-order valence-corrected chi connectivity index (χ3v) is 4.19. The molecule has 2 nitrogen and oxygen atoms in total. The molecule has 1 unspecified atom stereocenters. The zero-order valence-electron chi connectivity index (χ0n) is 9.69. The van der Waals surface area contributed by atoms with E-state index in [-0.39, 0.29) is 0 Å². The Labute approximate surface area is 120 Å². The van der Waals surface area contributed by atoms with E-state index in [0.717, 1.165) is 16.2 Å². The van der Waals surface area contributed by atoms with Crippen molar-refractivity contribution < 1.29 is 9.84 Å². The number of aliphatic hydroxyl groups is 1. The van der Waals surface area contributed by atoms with Gasteiger partial charge in [-0.3, -0.25) is 0 Å². The summed E-state index contributed by atoms with van der Waals surface area (Å²) in [6.45, 7) is 0. The second-order valence-corrected chi connectivity index (χ2v) is 5.66. The number of ether oxygens (including phenoxy) is 1. The van der Waals surface area contributed by atoms with Gasteiger partial charge in [-0.25, -0.2) is 0 Å². The van der Waals surface area contributed by atoms with Crippen LogP contribution in [0.2, 0.25) is 10.0 Å². The highest BCUT2D eigenvalue weighted by Crippen LogP contribution is 2.31. The molecule has 0 aliphatic carbocycles. The summed E-state index contributed by atoms with van der Waals surface area (Å²) in [7, 11) is 1.60. The number of aliphatic hydroxyl groups excluding tert-OH is 1. The fraction of sp³-hybridized carbons (Fsp3) is 0.231. The van der Waals surface area contributed by atoms with Crippen LogP contribution in [0.3, 0.4) is 0 Å². The van der Waals surface area contributed by atoms with Gasteiger partial charge >= 0.3 is 0 Å². The molecule has 2 aromatic rings. The van der Waals surface area contributed by atoms with E-state index in [9.17, 15) is 5.11 Å². The monoisotopic (exact) mass is 302 g/mol. The van der Waals surface area contributed by atoms with Gasteiger partial charge in [-0.1, -0.05) is 23.2 Å². The first-order valence-corrected chi connectivity index (χ1v) is 6.98. The molecule has 1 aromatic heterocycles. The molecule has 0 spiro atoms. The average molecular weight is 303 g/mol. The summed E-state index contributed by atoms with van der Waals surface area (Å²) in [5, 5.41) is 13.2. The van der Waals surface area contributed by atoms with Gasteiger partial charge in [0.05, 0.1) is 18.2 Å². The van der Waals surface area contributed by atoms with Gasteiger partial charge in [0.25, 0.3) is 0 Å². The van der Waals surface area contributed by atoms with E-state index >= 15 is 0 Å². The lowest BCUT2D eigenvalue weighted by Gasteiger charge is -2.12. The molecule has 5 heteroatoms. The smallest absolute Gasteiger partial charge is 0.122 e. The Morgan fingerprint density at radius 3 is 2.67 bits per heavy atom. The van der Waals surface area contributed by atoms with Gasteiger partial charge in [-0.15, -0.1) is 11.3 Å². The molecular weight excluding hydrogens is 291 g/mol. The summed E-state index contributed by atoms with van der Waals surface area (Å²) < 4.78 is 5.25. The van der Waals surface area contributed by atoms with E-state index in [1.165, 1.54) is 11.3 Å². The minimum Gasteiger partial charge on any atom is -0.496 e. The Morgan fingerprint density at radius 1 is 1.28 bits per heavy atom. The lowest BCUT2D eigenvalue weighted by atomic mass is 10.1. The van der Waals surface area contributed by atoms with Gasteiger partial charge in [-0.2, -0.15) is 0 Å². The highest BCUT2D eigenvalue weighted by atomic mass is 35.5. The Kier molecular flexibility index (Phi) is 4.51. The van der Waals surface area contributed by atoms with E-state index in [2.05, 4.69) is 0 Å². The van der Waals surface area contributed by atoms with Crippen LogP contribution in [0.5, 0.6) is 5.75 Å². The second kappa shape index (κ2) is 5.93. The van der Waals surface area contributed by atoms with Crippen LogP contribution in [0.25, 0.3) is 0 Å². The predicted octanol–water partition coefficient (Wildman–Crippen LogP) is 4.34. The van der Waals surface area contributed by atoms with Crippen LogP contribution in [0.15, 0.2) is 29.6 Å². The molecule has 0 aliphatic rings. The summed E-state index contributed by atoms with van der Waals surface area (Å²) in [5.74, 6) is 0.723.